The van der Waals surface area contributed by atoms with E-state index in [-0.39, 0.29) is 11.8 Å². The lowest BCUT2D eigenvalue weighted by molar-refractivity contribution is -0.116. The first-order chi connectivity index (χ1) is 10.9. The molecular weight excluding hydrogens is 296 g/mol. The Kier molecular flexibility index (Phi) is 5.73. The third-order valence-corrected chi connectivity index (χ3v) is 6.10. The van der Waals surface area contributed by atoms with E-state index in [2.05, 4.69) is 50.5 Å². The van der Waals surface area contributed by atoms with Crippen LogP contribution in [0.4, 0.5) is 0 Å². The summed E-state index contributed by atoms with van der Waals surface area (Å²) in [5.74, 6) is 0.0274. The van der Waals surface area contributed by atoms with Gasteiger partial charge in [0.05, 0.1) is 0 Å². The van der Waals surface area contributed by atoms with E-state index in [9.17, 15) is 4.79 Å². The molecule has 0 aliphatic rings. The van der Waals surface area contributed by atoms with E-state index < -0.39 is 8.07 Å². The molecule has 120 valence electrons. The molecule has 0 aliphatic carbocycles. The highest BCUT2D eigenvalue weighted by Gasteiger charge is 2.35. The third-order valence-electron chi connectivity index (χ3n) is 4.25. The smallest absolute Gasteiger partial charge is 0.124 e. The quantitative estimate of drug-likeness (QED) is 0.502. The van der Waals surface area contributed by atoms with Crippen LogP contribution in [0.2, 0.25) is 19.6 Å². The van der Waals surface area contributed by atoms with Crippen LogP contribution < -0.4 is 0 Å². The zero-order valence-corrected chi connectivity index (χ0v) is 15.3. The average molecular weight is 323 g/mol. The molecule has 0 aromatic heterocycles. The van der Waals surface area contributed by atoms with Crippen LogP contribution >= 0.6 is 0 Å². The number of carbonyl (C=O) groups is 1. The Morgan fingerprint density at radius 2 is 1.52 bits per heavy atom. The number of benzene rings is 2. The lowest BCUT2D eigenvalue weighted by Crippen LogP contribution is -2.41. The van der Waals surface area contributed by atoms with Crippen LogP contribution in [0.5, 0.6) is 0 Å². The Bertz CT molecular complexity index is 641. The van der Waals surface area contributed by atoms with Crippen LogP contribution in [0.1, 0.15) is 17.0 Å². The summed E-state index contributed by atoms with van der Waals surface area (Å²) in [6.07, 6.45) is 2.72. The van der Waals surface area contributed by atoms with Gasteiger partial charge in [-0.05, 0) is 17.5 Å². The summed E-state index contributed by atoms with van der Waals surface area (Å²) in [5.41, 5.74) is 2.39. The van der Waals surface area contributed by atoms with Crippen molar-refractivity contribution in [1.29, 1.82) is 0 Å². The highest BCUT2D eigenvalue weighted by molar-refractivity contribution is 7.03. The topological polar surface area (TPSA) is 17.1 Å². The van der Waals surface area contributed by atoms with Crippen molar-refractivity contribution >= 4 is 13.5 Å². The van der Waals surface area contributed by atoms with Crippen LogP contribution in [0.3, 0.4) is 0 Å². The Hall–Kier alpha value is -1.93. The van der Waals surface area contributed by atoms with Crippen LogP contribution in [0.15, 0.2) is 73.3 Å². The fraction of sp³-hybridized carbons (Fsp3) is 0.286. The second-order valence-electron chi connectivity index (χ2n) is 7.08. The number of carbonyl (C=O) groups excluding carboxylic acids is 1. The molecular formula is C21H26OSi. The maximum Gasteiger partial charge on any atom is 0.124 e. The summed E-state index contributed by atoms with van der Waals surface area (Å²) < 4.78 is 0. The van der Waals surface area contributed by atoms with Gasteiger partial charge in [-0.3, -0.25) is 0 Å². The first kappa shape index (κ1) is 17.4. The van der Waals surface area contributed by atoms with E-state index in [1.54, 1.807) is 0 Å². The second-order valence-corrected chi connectivity index (χ2v) is 12.1. The molecule has 0 bridgehead atoms. The highest BCUT2D eigenvalue weighted by atomic mass is 28.3. The molecule has 0 N–H and O–H groups in total. The maximum absolute atomic E-state index is 13.2. The molecule has 2 heteroatoms. The molecule has 2 atom stereocenters. The number of allylic oxidation sites excluding steroid dienone is 1. The van der Waals surface area contributed by atoms with Crippen molar-refractivity contribution in [3.05, 3.63) is 84.4 Å². The Morgan fingerprint density at radius 3 is 2.00 bits per heavy atom. The molecule has 0 fully saturated rings. The lowest BCUT2D eigenvalue weighted by atomic mass is 9.83. The molecule has 0 spiro atoms. The van der Waals surface area contributed by atoms with Crippen LogP contribution in [0, 0.1) is 5.92 Å². The van der Waals surface area contributed by atoms with Gasteiger partial charge in [-0.15, -0.1) is 6.58 Å². The van der Waals surface area contributed by atoms with Crippen molar-refractivity contribution in [2.75, 3.05) is 0 Å². The third kappa shape index (κ3) is 4.52. The van der Waals surface area contributed by atoms with E-state index in [1.807, 2.05) is 42.5 Å². The summed E-state index contributed by atoms with van der Waals surface area (Å²) in [4.78, 5) is 13.2. The van der Waals surface area contributed by atoms with Gasteiger partial charge in [-0.2, -0.15) is 0 Å². The molecule has 0 amide bonds. The second kappa shape index (κ2) is 7.56. The minimum atomic E-state index is -1.88. The van der Waals surface area contributed by atoms with Gasteiger partial charge in [-0.1, -0.05) is 86.4 Å². The molecule has 0 unspecified atom stereocenters. The van der Waals surface area contributed by atoms with E-state index in [1.165, 1.54) is 11.1 Å². The average Bonchev–Trinajstić information content (AvgIpc) is 2.55. The number of rotatable bonds is 7. The monoisotopic (exact) mass is 322 g/mol. The molecule has 23 heavy (non-hydrogen) atoms. The van der Waals surface area contributed by atoms with Gasteiger partial charge in [0.2, 0.25) is 0 Å². The van der Waals surface area contributed by atoms with Crippen LogP contribution in [0.25, 0.3) is 0 Å². The molecule has 0 saturated carbocycles. The van der Waals surface area contributed by atoms with E-state index >= 15 is 0 Å². The first-order valence-corrected chi connectivity index (χ1v) is 11.7. The Labute approximate surface area is 141 Å². The van der Waals surface area contributed by atoms with Crippen LogP contribution in [-0.4, -0.2) is 13.5 Å². The predicted molar refractivity (Wildman–Crippen MR) is 101 cm³/mol. The lowest BCUT2D eigenvalue weighted by Gasteiger charge is -2.29. The van der Waals surface area contributed by atoms with Gasteiger partial charge in [0.1, 0.15) is 13.5 Å². The standard InChI is InChI=1S/C21H26OSi/c1-5-19(18-14-10-7-11-15-18)20(21(22)23(2,3)4)16-17-12-8-6-9-13-17/h5-15,19-20H,1,16H2,2-4H3/t19-,20+/m1/s1. The van der Waals surface area contributed by atoms with Crippen molar-refractivity contribution in [2.24, 2.45) is 5.92 Å². The van der Waals surface area contributed by atoms with Crippen molar-refractivity contribution in [1.82, 2.24) is 0 Å². The predicted octanol–water partition coefficient (Wildman–Crippen LogP) is 5.26. The van der Waals surface area contributed by atoms with Crippen molar-refractivity contribution in [2.45, 2.75) is 32.0 Å². The summed E-state index contributed by atoms with van der Waals surface area (Å²) in [7, 11) is -1.88. The van der Waals surface area contributed by atoms with Gasteiger partial charge in [0.15, 0.2) is 0 Å². The minimum absolute atomic E-state index is 0.0380. The maximum atomic E-state index is 13.2. The fourth-order valence-electron chi connectivity index (χ4n) is 3.01. The minimum Gasteiger partial charge on any atom is -0.305 e. The number of hydrogen-bond acceptors (Lipinski definition) is 1. The van der Waals surface area contributed by atoms with Gasteiger partial charge in [-0.25, -0.2) is 0 Å². The molecule has 2 aromatic carbocycles. The van der Waals surface area contributed by atoms with Crippen LogP contribution in [-0.2, 0) is 11.2 Å². The Balaban J connectivity index is 2.39. The molecule has 0 saturated heterocycles. The summed E-state index contributed by atoms with van der Waals surface area (Å²) >= 11 is 0. The summed E-state index contributed by atoms with van der Waals surface area (Å²) in [6.45, 7) is 10.4. The van der Waals surface area contributed by atoms with Crippen molar-refractivity contribution in [3.8, 4) is 0 Å². The SMILES string of the molecule is C=C[C@H](c1ccccc1)[C@H](Cc1ccccc1)C(=O)[Si](C)(C)C. The summed E-state index contributed by atoms with van der Waals surface area (Å²) in [5, 5.41) is 0.426. The normalized spacial score (nSPS) is 14.0. The molecule has 0 radical (unpaired) electrons. The summed E-state index contributed by atoms with van der Waals surface area (Å²) in [6, 6.07) is 20.6. The zero-order chi connectivity index (χ0) is 16.9. The highest BCUT2D eigenvalue weighted by Crippen LogP contribution is 2.32. The van der Waals surface area contributed by atoms with E-state index in [4.69, 9.17) is 0 Å². The van der Waals surface area contributed by atoms with Gasteiger partial charge in [0, 0.05) is 11.8 Å². The van der Waals surface area contributed by atoms with E-state index in [0.717, 1.165) is 6.42 Å². The van der Waals surface area contributed by atoms with E-state index in [0.29, 0.717) is 5.41 Å². The largest absolute Gasteiger partial charge is 0.305 e. The van der Waals surface area contributed by atoms with Gasteiger partial charge < -0.3 is 4.79 Å². The van der Waals surface area contributed by atoms with Gasteiger partial charge in [0.25, 0.3) is 0 Å². The molecule has 2 aromatic rings. The molecule has 0 heterocycles. The molecule has 2 rings (SSSR count). The molecule has 0 aliphatic heterocycles. The molecule has 1 nitrogen and oxygen atoms in total. The van der Waals surface area contributed by atoms with Crippen molar-refractivity contribution in [3.63, 3.8) is 0 Å². The number of hydrogen-bond donors (Lipinski definition) is 0. The fourth-order valence-corrected chi connectivity index (χ4v) is 4.41. The van der Waals surface area contributed by atoms with Gasteiger partial charge >= 0.3 is 0 Å². The first-order valence-electron chi connectivity index (χ1n) is 8.19. The van der Waals surface area contributed by atoms with Crippen molar-refractivity contribution < 1.29 is 4.79 Å². The zero-order valence-electron chi connectivity index (χ0n) is 14.3. The Morgan fingerprint density at radius 1 is 1.00 bits per heavy atom.